The van der Waals surface area contributed by atoms with Gasteiger partial charge in [-0.2, -0.15) is 0 Å². The van der Waals surface area contributed by atoms with Gasteiger partial charge in [0.25, 0.3) is 0 Å². The molecular weight excluding hydrogens is 232 g/mol. The Kier molecular flexibility index (Phi) is 6.11. The Morgan fingerprint density at radius 2 is 1.84 bits per heavy atom. The van der Waals surface area contributed by atoms with Crippen molar-refractivity contribution in [3.63, 3.8) is 0 Å². The summed E-state index contributed by atoms with van der Waals surface area (Å²) in [5.74, 6) is 2.96. The van der Waals surface area contributed by atoms with Gasteiger partial charge in [-0.25, -0.2) is 0 Å². The standard InChI is InChI=1S/C18H34O/c1-13(2)17-9-8-14(3)10-16(17)11-15(4)12-19-18(5,6)7/h11,13-15,17H,8-10,12H2,1-7H3/b16-11+/t14-,15-,17+/m1/s1. The summed E-state index contributed by atoms with van der Waals surface area (Å²) < 4.78 is 5.91. The van der Waals surface area contributed by atoms with Crippen molar-refractivity contribution in [2.45, 2.75) is 73.3 Å². The molecule has 112 valence electrons. The van der Waals surface area contributed by atoms with Crippen molar-refractivity contribution >= 4 is 0 Å². The van der Waals surface area contributed by atoms with Crippen molar-refractivity contribution in [2.75, 3.05) is 6.61 Å². The summed E-state index contributed by atoms with van der Waals surface area (Å²) in [5, 5.41) is 0. The minimum Gasteiger partial charge on any atom is -0.375 e. The van der Waals surface area contributed by atoms with Gasteiger partial charge < -0.3 is 4.74 Å². The molecule has 1 rings (SSSR count). The first kappa shape index (κ1) is 16.8. The maximum atomic E-state index is 5.91. The molecule has 0 radical (unpaired) electrons. The average Bonchev–Trinajstić information content (AvgIpc) is 2.25. The minimum absolute atomic E-state index is 0.0237. The van der Waals surface area contributed by atoms with Crippen LogP contribution >= 0.6 is 0 Å². The van der Waals surface area contributed by atoms with Crippen molar-refractivity contribution < 1.29 is 4.74 Å². The molecule has 0 unspecified atom stereocenters. The highest BCUT2D eigenvalue weighted by molar-refractivity contribution is 5.12. The predicted molar refractivity (Wildman–Crippen MR) is 84.3 cm³/mol. The molecule has 0 aromatic carbocycles. The van der Waals surface area contributed by atoms with E-state index in [2.05, 4.69) is 54.5 Å². The van der Waals surface area contributed by atoms with E-state index in [0.717, 1.165) is 24.4 Å². The van der Waals surface area contributed by atoms with E-state index in [1.165, 1.54) is 19.3 Å². The number of hydrogen-bond donors (Lipinski definition) is 0. The third kappa shape index (κ3) is 6.12. The molecule has 0 spiro atoms. The van der Waals surface area contributed by atoms with Gasteiger partial charge in [0.1, 0.15) is 0 Å². The van der Waals surface area contributed by atoms with Crippen molar-refractivity contribution in [1.82, 2.24) is 0 Å². The van der Waals surface area contributed by atoms with E-state index >= 15 is 0 Å². The molecular formula is C18H34O. The van der Waals surface area contributed by atoms with Crippen LogP contribution in [-0.4, -0.2) is 12.2 Å². The normalized spacial score (nSPS) is 28.9. The largest absolute Gasteiger partial charge is 0.375 e. The van der Waals surface area contributed by atoms with Crippen molar-refractivity contribution in [3.8, 4) is 0 Å². The Morgan fingerprint density at radius 1 is 1.21 bits per heavy atom. The van der Waals surface area contributed by atoms with Gasteiger partial charge >= 0.3 is 0 Å². The van der Waals surface area contributed by atoms with E-state index in [-0.39, 0.29) is 5.60 Å². The number of allylic oxidation sites excluding steroid dienone is 1. The highest BCUT2D eigenvalue weighted by Gasteiger charge is 2.25. The molecule has 0 aliphatic heterocycles. The maximum absolute atomic E-state index is 5.91. The van der Waals surface area contributed by atoms with Crippen LogP contribution < -0.4 is 0 Å². The van der Waals surface area contributed by atoms with Gasteiger partial charge in [0.15, 0.2) is 0 Å². The average molecular weight is 266 g/mol. The second kappa shape index (κ2) is 6.92. The summed E-state index contributed by atoms with van der Waals surface area (Å²) in [6.07, 6.45) is 6.57. The Hall–Kier alpha value is -0.300. The lowest BCUT2D eigenvalue weighted by molar-refractivity contribution is -0.0132. The van der Waals surface area contributed by atoms with Gasteiger partial charge in [0, 0.05) is 0 Å². The first-order chi connectivity index (χ1) is 8.69. The SMILES string of the molecule is CC(C)[C@@H]1CC[C@@H](C)C/C1=C\[C@@H](C)COC(C)(C)C. The molecule has 0 amide bonds. The fourth-order valence-corrected chi connectivity index (χ4v) is 3.05. The molecule has 1 heteroatoms. The summed E-state index contributed by atoms with van der Waals surface area (Å²) >= 11 is 0. The van der Waals surface area contributed by atoms with Crippen LogP contribution in [0.1, 0.15) is 67.7 Å². The Balaban J connectivity index is 2.64. The van der Waals surface area contributed by atoms with Crippen LogP contribution in [0, 0.1) is 23.7 Å². The van der Waals surface area contributed by atoms with E-state index in [9.17, 15) is 0 Å². The van der Waals surface area contributed by atoms with E-state index in [0.29, 0.717) is 5.92 Å². The number of rotatable bonds is 4. The van der Waals surface area contributed by atoms with Gasteiger partial charge in [-0.15, -0.1) is 0 Å². The molecule has 19 heavy (non-hydrogen) atoms. The molecule has 1 saturated carbocycles. The summed E-state index contributed by atoms with van der Waals surface area (Å²) in [6.45, 7) is 16.6. The van der Waals surface area contributed by atoms with Gasteiger partial charge in [-0.3, -0.25) is 0 Å². The molecule has 1 nitrogen and oxygen atoms in total. The highest BCUT2D eigenvalue weighted by Crippen LogP contribution is 2.38. The van der Waals surface area contributed by atoms with E-state index in [1.54, 1.807) is 5.57 Å². The predicted octanol–water partition coefficient (Wildman–Crippen LogP) is 5.46. The number of hydrogen-bond acceptors (Lipinski definition) is 1. The van der Waals surface area contributed by atoms with Crippen molar-refractivity contribution in [3.05, 3.63) is 11.6 Å². The molecule has 1 fully saturated rings. The van der Waals surface area contributed by atoms with Crippen LogP contribution in [0.15, 0.2) is 11.6 Å². The molecule has 0 aromatic heterocycles. The van der Waals surface area contributed by atoms with Gasteiger partial charge in [-0.1, -0.05) is 39.3 Å². The maximum Gasteiger partial charge on any atom is 0.0598 e. The zero-order valence-electron chi connectivity index (χ0n) is 14.1. The fourth-order valence-electron chi connectivity index (χ4n) is 3.05. The third-order valence-electron chi connectivity index (χ3n) is 4.11. The lowest BCUT2D eigenvalue weighted by Gasteiger charge is -2.33. The third-order valence-corrected chi connectivity index (χ3v) is 4.11. The van der Waals surface area contributed by atoms with Crippen LogP contribution in [0.3, 0.4) is 0 Å². The van der Waals surface area contributed by atoms with Crippen LogP contribution in [0.4, 0.5) is 0 Å². The van der Waals surface area contributed by atoms with E-state index in [1.807, 2.05) is 0 Å². The van der Waals surface area contributed by atoms with Crippen LogP contribution in [0.5, 0.6) is 0 Å². The van der Waals surface area contributed by atoms with Crippen LogP contribution in [0.25, 0.3) is 0 Å². The first-order valence-corrected chi connectivity index (χ1v) is 8.03. The molecule has 0 bridgehead atoms. The van der Waals surface area contributed by atoms with Gasteiger partial charge in [0.05, 0.1) is 12.2 Å². The summed E-state index contributed by atoms with van der Waals surface area (Å²) in [6, 6.07) is 0. The van der Waals surface area contributed by atoms with Crippen LogP contribution in [0.2, 0.25) is 0 Å². The molecule has 0 N–H and O–H groups in total. The van der Waals surface area contributed by atoms with Crippen molar-refractivity contribution in [1.29, 1.82) is 0 Å². The van der Waals surface area contributed by atoms with E-state index in [4.69, 9.17) is 4.74 Å². The summed E-state index contributed by atoms with van der Waals surface area (Å²) in [4.78, 5) is 0. The second-order valence-corrected chi connectivity index (χ2v) is 7.88. The highest BCUT2D eigenvalue weighted by atomic mass is 16.5. The first-order valence-electron chi connectivity index (χ1n) is 8.03. The van der Waals surface area contributed by atoms with Crippen molar-refractivity contribution in [2.24, 2.45) is 23.7 Å². The second-order valence-electron chi connectivity index (χ2n) is 7.88. The van der Waals surface area contributed by atoms with Gasteiger partial charge in [0.2, 0.25) is 0 Å². The molecule has 3 atom stereocenters. The zero-order chi connectivity index (χ0) is 14.6. The monoisotopic (exact) mass is 266 g/mol. The number of ether oxygens (including phenoxy) is 1. The molecule has 1 aliphatic rings. The molecule has 0 saturated heterocycles. The Morgan fingerprint density at radius 3 is 2.37 bits per heavy atom. The summed E-state index contributed by atoms with van der Waals surface area (Å²) in [7, 11) is 0. The quantitative estimate of drug-likeness (QED) is 0.614. The van der Waals surface area contributed by atoms with Crippen LogP contribution in [-0.2, 0) is 4.74 Å². The lowest BCUT2D eigenvalue weighted by Crippen LogP contribution is -2.24. The molecule has 0 heterocycles. The lowest BCUT2D eigenvalue weighted by atomic mass is 9.73. The Labute approximate surface area is 120 Å². The smallest absolute Gasteiger partial charge is 0.0598 e. The Bertz CT molecular complexity index is 295. The molecule has 1 aliphatic carbocycles. The summed E-state index contributed by atoms with van der Waals surface area (Å²) in [5.41, 5.74) is 1.67. The molecule has 0 aromatic rings. The minimum atomic E-state index is -0.0237. The topological polar surface area (TPSA) is 9.23 Å². The fraction of sp³-hybridized carbons (Fsp3) is 0.889. The van der Waals surface area contributed by atoms with E-state index < -0.39 is 0 Å². The zero-order valence-corrected chi connectivity index (χ0v) is 14.1. The van der Waals surface area contributed by atoms with Gasteiger partial charge in [-0.05, 0) is 63.7 Å².